The van der Waals surface area contributed by atoms with Crippen LogP contribution in [0.15, 0.2) is 0 Å². The molecular formula is C15H33AlO2. The van der Waals surface area contributed by atoms with Crippen LogP contribution in [-0.4, -0.2) is 27.4 Å². The van der Waals surface area contributed by atoms with Gasteiger partial charge in [-0.1, -0.05) is 70.4 Å². The Bertz CT molecular complexity index is 157. The van der Waals surface area contributed by atoms with E-state index in [0.717, 1.165) is 19.4 Å². The van der Waals surface area contributed by atoms with Crippen molar-refractivity contribution in [1.29, 1.82) is 0 Å². The zero-order chi connectivity index (χ0) is 13.6. The van der Waals surface area contributed by atoms with Gasteiger partial charge < -0.3 is 8.53 Å². The highest BCUT2D eigenvalue weighted by Crippen LogP contribution is 2.15. The predicted molar refractivity (Wildman–Crippen MR) is 81.2 cm³/mol. The third-order valence-corrected chi connectivity index (χ3v) is 6.03. The second kappa shape index (κ2) is 13.9. The van der Waals surface area contributed by atoms with Crippen LogP contribution in [0.4, 0.5) is 0 Å². The SMILES string of the molecule is CCCCOC(CC)[O][Al]([CH2]CCC)[CH2]CCC. The summed E-state index contributed by atoms with van der Waals surface area (Å²) in [4.78, 5) is 0. The molecule has 0 aliphatic rings. The standard InChI is InChI=1S/C7H15O2.2C4H9.Al/c1-3-5-6-9-7(8)4-2;2*1-3-4-2;/h7H,3-6H2,1-2H3;2*1,3-4H2,2H3;/q-1;;;+1. The van der Waals surface area contributed by atoms with Crippen molar-refractivity contribution in [1.82, 2.24) is 0 Å². The quantitative estimate of drug-likeness (QED) is 0.262. The summed E-state index contributed by atoms with van der Waals surface area (Å²) < 4.78 is 12.1. The highest BCUT2D eigenvalue weighted by atomic mass is 27.2. The maximum atomic E-state index is 6.27. The molecule has 0 aliphatic heterocycles. The highest BCUT2D eigenvalue weighted by Gasteiger charge is 2.23. The van der Waals surface area contributed by atoms with E-state index in [1.165, 1.54) is 42.7 Å². The van der Waals surface area contributed by atoms with Crippen LogP contribution in [-0.2, 0) is 8.53 Å². The lowest BCUT2D eigenvalue weighted by Crippen LogP contribution is -2.27. The molecular weight excluding hydrogens is 239 g/mol. The van der Waals surface area contributed by atoms with Crippen molar-refractivity contribution in [2.45, 2.75) is 89.5 Å². The van der Waals surface area contributed by atoms with Crippen LogP contribution in [0, 0.1) is 0 Å². The Labute approximate surface area is 119 Å². The molecule has 0 aromatic carbocycles. The minimum absolute atomic E-state index is 0.0712. The van der Waals surface area contributed by atoms with Crippen molar-refractivity contribution in [3.05, 3.63) is 0 Å². The van der Waals surface area contributed by atoms with Crippen LogP contribution >= 0.6 is 0 Å². The van der Waals surface area contributed by atoms with Crippen LogP contribution in [0.5, 0.6) is 0 Å². The zero-order valence-electron chi connectivity index (χ0n) is 13.0. The molecule has 3 heteroatoms. The molecule has 0 spiro atoms. The van der Waals surface area contributed by atoms with Crippen LogP contribution in [0.2, 0.25) is 10.6 Å². The first-order valence-corrected chi connectivity index (χ1v) is 10.2. The summed E-state index contributed by atoms with van der Waals surface area (Å²) in [6.45, 7) is 9.76. The van der Waals surface area contributed by atoms with E-state index in [4.69, 9.17) is 8.53 Å². The number of rotatable bonds is 13. The van der Waals surface area contributed by atoms with E-state index in [9.17, 15) is 0 Å². The minimum atomic E-state index is -1.02. The van der Waals surface area contributed by atoms with E-state index in [1.54, 1.807) is 0 Å². The fraction of sp³-hybridized carbons (Fsp3) is 1.00. The van der Waals surface area contributed by atoms with E-state index in [1.807, 2.05) is 0 Å². The van der Waals surface area contributed by atoms with Crippen LogP contribution in [0.25, 0.3) is 0 Å². The van der Waals surface area contributed by atoms with Gasteiger partial charge in [-0.3, -0.25) is 0 Å². The van der Waals surface area contributed by atoms with Gasteiger partial charge in [0.25, 0.3) is 0 Å². The first kappa shape index (κ1) is 18.5. The summed E-state index contributed by atoms with van der Waals surface area (Å²) >= 11 is -1.02. The van der Waals surface area contributed by atoms with Gasteiger partial charge in [0.1, 0.15) is 6.29 Å². The van der Waals surface area contributed by atoms with Gasteiger partial charge in [-0.15, -0.1) is 0 Å². The van der Waals surface area contributed by atoms with Crippen LogP contribution in [0.3, 0.4) is 0 Å². The van der Waals surface area contributed by atoms with Gasteiger partial charge in [0.15, 0.2) is 0 Å². The molecule has 18 heavy (non-hydrogen) atoms. The number of unbranched alkanes of at least 4 members (excludes halogenated alkanes) is 3. The molecule has 1 atom stereocenters. The number of ether oxygens (including phenoxy) is 1. The van der Waals surface area contributed by atoms with Crippen molar-refractivity contribution in [3.63, 3.8) is 0 Å². The van der Waals surface area contributed by atoms with Crippen molar-refractivity contribution in [2.75, 3.05) is 6.61 Å². The number of hydrogen-bond donors (Lipinski definition) is 0. The maximum absolute atomic E-state index is 6.27. The number of hydrogen-bond acceptors (Lipinski definition) is 2. The molecule has 0 aromatic rings. The van der Waals surface area contributed by atoms with Gasteiger partial charge in [0.2, 0.25) is 0 Å². The van der Waals surface area contributed by atoms with Crippen molar-refractivity contribution in [3.8, 4) is 0 Å². The molecule has 0 fully saturated rings. The fourth-order valence-corrected chi connectivity index (χ4v) is 4.96. The fourth-order valence-electron chi connectivity index (χ4n) is 1.97. The molecule has 0 amide bonds. The summed E-state index contributed by atoms with van der Waals surface area (Å²) in [7, 11) is 0. The molecule has 0 aromatic heterocycles. The Morgan fingerprint density at radius 1 is 0.833 bits per heavy atom. The van der Waals surface area contributed by atoms with Gasteiger partial charge in [0.05, 0.1) is 0 Å². The summed E-state index contributed by atoms with van der Waals surface area (Å²) in [5.41, 5.74) is 0. The Hall–Kier alpha value is 0.452. The average molecular weight is 272 g/mol. The second-order valence-electron chi connectivity index (χ2n) is 5.10. The summed E-state index contributed by atoms with van der Waals surface area (Å²) in [6.07, 6.45) is 8.63. The van der Waals surface area contributed by atoms with E-state index in [2.05, 4.69) is 27.7 Å². The first-order chi connectivity index (χ1) is 8.78. The third kappa shape index (κ3) is 10.4. The molecule has 0 saturated heterocycles. The monoisotopic (exact) mass is 272 g/mol. The molecule has 0 radical (unpaired) electrons. The van der Waals surface area contributed by atoms with E-state index >= 15 is 0 Å². The van der Waals surface area contributed by atoms with E-state index < -0.39 is 14.5 Å². The van der Waals surface area contributed by atoms with Gasteiger partial charge in [-0.05, 0) is 12.8 Å². The van der Waals surface area contributed by atoms with Gasteiger partial charge >= 0.3 is 14.5 Å². The Morgan fingerprint density at radius 3 is 1.83 bits per heavy atom. The van der Waals surface area contributed by atoms with E-state index in [-0.39, 0.29) is 6.29 Å². The largest absolute Gasteiger partial charge is 0.478 e. The molecule has 0 saturated carbocycles. The Morgan fingerprint density at radius 2 is 1.39 bits per heavy atom. The predicted octanol–water partition coefficient (Wildman–Crippen LogP) is 5.15. The molecule has 0 N–H and O–H groups in total. The minimum Gasteiger partial charge on any atom is -0.478 e. The lowest BCUT2D eigenvalue weighted by molar-refractivity contribution is -0.0855. The van der Waals surface area contributed by atoms with Crippen molar-refractivity contribution < 1.29 is 8.53 Å². The normalized spacial score (nSPS) is 12.7. The van der Waals surface area contributed by atoms with Crippen LogP contribution in [0.1, 0.15) is 72.6 Å². The Kier molecular flexibility index (Phi) is 14.2. The Balaban J connectivity index is 3.97. The van der Waals surface area contributed by atoms with E-state index in [0.29, 0.717) is 0 Å². The second-order valence-corrected chi connectivity index (χ2v) is 7.78. The molecule has 0 heterocycles. The summed E-state index contributed by atoms with van der Waals surface area (Å²) in [5.74, 6) is 0. The van der Waals surface area contributed by atoms with Gasteiger partial charge in [-0.2, -0.15) is 0 Å². The van der Waals surface area contributed by atoms with Crippen molar-refractivity contribution in [2.24, 2.45) is 0 Å². The van der Waals surface area contributed by atoms with Crippen LogP contribution < -0.4 is 0 Å². The summed E-state index contributed by atoms with van der Waals surface area (Å²) in [6, 6.07) is 0. The smallest absolute Gasteiger partial charge is 0.462 e. The topological polar surface area (TPSA) is 18.5 Å². The lowest BCUT2D eigenvalue weighted by atomic mass is 10.4. The molecule has 0 rings (SSSR count). The molecule has 0 bridgehead atoms. The van der Waals surface area contributed by atoms with Gasteiger partial charge in [-0.25, -0.2) is 0 Å². The lowest BCUT2D eigenvalue weighted by Gasteiger charge is -2.22. The molecule has 2 nitrogen and oxygen atoms in total. The maximum Gasteiger partial charge on any atom is 0.462 e. The molecule has 108 valence electrons. The van der Waals surface area contributed by atoms with Gasteiger partial charge in [0, 0.05) is 6.61 Å². The average Bonchev–Trinajstić information content (AvgIpc) is 2.40. The highest BCUT2D eigenvalue weighted by molar-refractivity contribution is 6.51. The summed E-state index contributed by atoms with van der Waals surface area (Å²) in [5, 5.41) is 2.65. The molecule has 0 aliphatic carbocycles. The zero-order valence-corrected chi connectivity index (χ0v) is 14.2. The molecule has 1 unspecified atom stereocenters. The van der Waals surface area contributed by atoms with Crippen molar-refractivity contribution >= 4 is 14.5 Å². The third-order valence-electron chi connectivity index (χ3n) is 3.24. The first-order valence-electron chi connectivity index (χ1n) is 8.05.